The number of nitrogens with zero attached hydrogens (tertiary/aromatic N) is 1. The molecule has 3 aliphatic carbocycles. The highest BCUT2D eigenvalue weighted by Crippen LogP contribution is 2.68. The van der Waals surface area contributed by atoms with Crippen LogP contribution in [0.4, 0.5) is 0 Å². The van der Waals surface area contributed by atoms with E-state index in [1.165, 1.54) is 6.29 Å². The standard InChI is InChI=1S/C33H51NO3/c1-22-18-28(3,4)13-15-33(22,21-35)16-14-29(5,6)32(10)12-11-25-30(7,8)27(37)24(20-34)19-31(25,9)26(32)17-23(2)36/h19,21-22,25-26H,11-18H2,1-10H3/t22?,25-,26+,31-,32+,33+/m0/s1. The van der Waals surface area contributed by atoms with Gasteiger partial charge in [-0.1, -0.05) is 68.4 Å². The van der Waals surface area contributed by atoms with Gasteiger partial charge in [-0.2, -0.15) is 5.26 Å². The molecule has 1 unspecified atom stereocenters. The summed E-state index contributed by atoms with van der Waals surface area (Å²) < 4.78 is 0. The van der Waals surface area contributed by atoms with E-state index in [1.807, 2.05) is 19.9 Å². The van der Waals surface area contributed by atoms with Gasteiger partial charge >= 0.3 is 0 Å². The van der Waals surface area contributed by atoms with Gasteiger partial charge in [0.15, 0.2) is 5.78 Å². The van der Waals surface area contributed by atoms with Crippen molar-refractivity contribution in [2.75, 3.05) is 0 Å². The van der Waals surface area contributed by atoms with E-state index in [0.717, 1.165) is 44.9 Å². The van der Waals surface area contributed by atoms with Crippen molar-refractivity contribution in [2.45, 2.75) is 121 Å². The van der Waals surface area contributed by atoms with E-state index in [2.05, 4.69) is 54.5 Å². The summed E-state index contributed by atoms with van der Waals surface area (Å²) in [7, 11) is 0. The normalized spacial score (nSPS) is 39.2. The highest BCUT2D eigenvalue weighted by molar-refractivity contribution is 6.04. The SMILES string of the molecule is CC(=O)C[C@@H]1[C@@]2(C)C=C(C#N)C(=O)C(C)(C)[C@@H]2CC[C@@]1(C)C(C)(C)CC[C@@]1(C=O)CCC(C)(C)CC1C. The first-order chi connectivity index (χ1) is 16.8. The molecule has 0 bridgehead atoms. The Morgan fingerprint density at radius 3 is 2.27 bits per heavy atom. The van der Waals surface area contributed by atoms with Gasteiger partial charge in [0.25, 0.3) is 0 Å². The molecule has 3 rings (SSSR count). The topological polar surface area (TPSA) is 75.0 Å². The summed E-state index contributed by atoms with van der Waals surface area (Å²) in [5.74, 6) is 0.536. The molecule has 2 saturated carbocycles. The number of nitriles is 1. The first-order valence-electron chi connectivity index (χ1n) is 14.5. The zero-order valence-corrected chi connectivity index (χ0v) is 25.2. The van der Waals surface area contributed by atoms with Crippen molar-refractivity contribution in [1.29, 1.82) is 5.26 Å². The average Bonchev–Trinajstić information content (AvgIpc) is 2.78. The molecule has 4 heteroatoms. The molecule has 6 atom stereocenters. The van der Waals surface area contributed by atoms with Crippen molar-refractivity contribution in [3.8, 4) is 6.07 Å². The van der Waals surface area contributed by atoms with Gasteiger partial charge < -0.3 is 9.59 Å². The van der Waals surface area contributed by atoms with E-state index < -0.39 is 10.8 Å². The average molecular weight is 510 g/mol. The predicted octanol–water partition coefficient (Wildman–Crippen LogP) is 7.90. The van der Waals surface area contributed by atoms with Gasteiger partial charge in [0.05, 0.1) is 5.57 Å². The Labute approximate surface area is 226 Å². The number of hydrogen-bond acceptors (Lipinski definition) is 4. The maximum absolute atomic E-state index is 13.2. The first-order valence-corrected chi connectivity index (χ1v) is 14.5. The van der Waals surface area contributed by atoms with Crippen LogP contribution >= 0.6 is 0 Å². The van der Waals surface area contributed by atoms with Crippen LogP contribution in [0, 0.1) is 61.6 Å². The summed E-state index contributed by atoms with van der Waals surface area (Å²) >= 11 is 0. The van der Waals surface area contributed by atoms with E-state index in [-0.39, 0.29) is 50.6 Å². The van der Waals surface area contributed by atoms with Crippen LogP contribution < -0.4 is 0 Å². The molecule has 0 spiro atoms. The second kappa shape index (κ2) is 9.46. The third kappa shape index (κ3) is 4.79. The Balaban J connectivity index is 2.02. The van der Waals surface area contributed by atoms with Crippen LogP contribution in [0.15, 0.2) is 11.6 Å². The molecule has 0 aliphatic heterocycles. The molecular weight excluding hydrogens is 458 g/mol. The molecule has 2 fully saturated rings. The molecule has 0 amide bonds. The summed E-state index contributed by atoms with van der Waals surface area (Å²) in [6.07, 6.45) is 10.3. The molecule has 0 aromatic heterocycles. The fourth-order valence-corrected chi connectivity index (χ4v) is 9.09. The van der Waals surface area contributed by atoms with Crippen molar-refractivity contribution in [1.82, 2.24) is 0 Å². The number of rotatable bonds is 7. The fourth-order valence-electron chi connectivity index (χ4n) is 9.09. The van der Waals surface area contributed by atoms with Gasteiger partial charge in [-0.3, -0.25) is 4.79 Å². The smallest absolute Gasteiger partial charge is 0.178 e. The lowest BCUT2D eigenvalue weighted by Gasteiger charge is -2.64. The number of fused-ring (bicyclic) bond motifs is 1. The summed E-state index contributed by atoms with van der Waals surface area (Å²) in [5, 5.41) is 9.86. The van der Waals surface area contributed by atoms with Crippen LogP contribution in [0.2, 0.25) is 0 Å². The molecule has 4 nitrogen and oxygen atoms in total. The molecule has 0 N–H and O–H groups in total. The second-order valence-corrected chi connectivity index (χ2v) is 15.6. The van der Waals surface area contributed by atoms with Gasteiger partial charge in [-0.15, -0.1) is 0 Å². The first kappa shape index (κ1) is 29.8. The van der Waals surface area contributed by atoms with Crippen LogP contribution in [0.3, 0.4) is 0 Å². The number of aldehydes is 1. The van der Waals surface area contributed by atoms with Gasteiger partial charge in [0, 0.05) is 17.3 Å². The van der Waals surface area contributed by atoms with E-state index >= 15 is 0 Å². The minimum absolute atomic E-state index is 0.0110. The monoisotopic (exact) mass is 509 g/mol. The Hall–Kier alpha value is -1.76. The minimum atomic E-state index is -0.638. The van der Waals surface area contributed by atoms with Crippen LogP contribution in [-0.2, 0) is 14.4 Å². The minimum Gasteiger partial charge on any atom is -0.303 e. The lowest BCUT2D eigenvalue weighted by atomic mass is 9.39. The van der Waals surface area contributed by atoms with Crippen LogP contribution in [-0.4, -0.2) is 17.9 Å². The maximum Gasteiger partial charge on any atom is 0.178 e. The number of Topliss-reactive ketones (excluding diaryl/α,β-unsaturated/α-hetero) is 2. The number of allylic oxidation sites excluding steroid dienone is 2. The van der Waals surface area contributed by atoms with Gasteiger partial charge in [-0.05, 0) is 91.3 Å². The van der Waals surface area contributed by atoms with E-state index in [1.54, 1.807) is 6.92 Å². The van der Waals surface area contributed by atoms with Gasteiger partial charge in [-0.25, -0.2) is 0 Å². The van der Waals surface area contributed by atoms with Crippen molar-refractivity contribution in [2.24, 2.45) is 50.2 Å². The Morgan fingerprint density at radius 2 is 1.76 bits per heavy atom. The number of carbonyl (C=O) groups is 3. The van der Waals surface area contributed by atoms with Crippen molar-refractivity contribution < 1.29 is 14.4 Å². The summed E-state index contributed by atoms with van der Waals surface area (Å²) in [6, 6.07) is 2.19. The molecule has 0 heterocycles. The molecule has 206 valence electrons. The Kier molecular flexibility index (Phi) is 7.62. The van der Waals surface area contributed by atoms with Crippen molar-refractivity contribution >= 4 is 17.9 Å². The lowest BCUT2D eigenvalue weighted by Crippen LogP contribution is -2.60. The zero-order chi connectivity index (χ0) is 28.2. The van der Waals surface area contributed by atoms with Crippen molar-refractivity contribution in [3.63, 3.8) is 0 Å². The van der Waals surface area contributed by atoms with Crippen molar-refractivity contribution in [3.05, 3.63) is 11.6 Å². The van der Waals surface area contributed by atoms with E-state index in [9.17, 15) is 19.6 Å². The summed E-state index contributed by atoms with van der Waals surface area (Å²) in [6.45, 7) is 21.7. The fraction of sp³-hybridized carbons (Fsp3) is 0.818. The Morgan fingerprint density at radius 1 is 1.14 bits per heavy atom. The summed E-state index contributed by atoms with van der Waals surface area (Å²) in [4.78, 5) is 38.5. The number of ketones is 2. The highest BCUT2D eigenvalue weighted by atomic mass is 16.1. The highest BCUT2D eigenvalue weighted by Gasteiger charge is 2.63. The molecule has 37 heavy (non-hydrogen) atoms. The largest absolute Gasteiger partial charge is 0.303 e. The molecule has 0 aromatic carbocycles. The van der Waals surface area contributed by atoms with Gasteiger partial charge in [0.2, 0.25) is 0 Å². The molecule has 0 aromatic rings. The van der Waals surface area contributed by atoms with Gasteiger partial charge in [0.1, 0.15) is 18.1 Å². The van der Waals surface area contributed by atoms with Crippen LogP contribution in [0.25, 0.3) is 0 Å². The van der Waals surface area contributed by atoms with Crippen LogP contribution in [0.1, 0.15) is 121 Å². The van der Waals surface area contributed by atoms with E-state index in [0.29, 0.717) is 12.3 Å². The van der Waals surface area contributed by atoms with Crippen LogP contribution in [0.5, 0.6) is 0 Å². The zero-order valence-electron chi connectivity index (χ0n) is 25.2. The maximum atomic E-state index is 13.2. The second-order valence-electron chi connectivity index (χ2n) is 15.6. The molecule has 3 aliphatic rings. The quantitative estimate of drug-likeness (QED) is 0.327. The third-order valence-corrected chi connectivity index (χ3v) is 12.1. The number of carbonyl (C=O) groups excluding carboxylic acids is 3. The lowest BCUT2D eigenvalue weighted by molar-refractivity contribution is -0.156. The Bertz CT molecular complexity index is 1030. The molecular formula is C33H51NO3. The van der Waals surface area contributed by atoms with E-state index in [4.69, 9.17) is 0 Å². The molecule has 0 saturated heterocycles. The molecule has 0 radical (unpaired) electrons. The third-order valence-electron chi connectivity index (χ3n) is 12.1. The summed E-state index contributed by atoms with van der Waals surface area (Å²) in [5.41, 5.74) is -1.13. The predicted molar refractivity (Wildman–Crippen MR) is 149 cm³/mol. The number of hydrogen-bond donors (Lipinski definition) is 0.